The van der Waals surface area contributed by atoms with E-state index in [9.17, 15) is 0 Å². The van der Waals surface area contributed by atoms with E-state index in [2.05, 4.69) is 58.6 Å². The Hall–Kier alpha value is -0.640. The molecule has 3 nitrogen and oxygen atoms in total. The summed E-state index contributed by atoms with van der Waals surface area (Å²) in [7, 11) is 2.12. The van der Waals surface area contributed by atoms with Crippen LogP contribution in [0.3, 0.4) is 0 Å². The van der Waals surface area contributed by atoms with Crippen molar-refractivity contribution >= 4 is 21.7 Å². The Labute approximate surface area is 112 Å². The first-order valence-corrected chi connectivity index (χ1v) is 7.02. The molecule has 0 aromatic carbocycles. The second-order valence-corrected chi connectivity index (χ2v) is 6.23. The number of nitrogens with zero attached hydrogens (tertiary/aromatic N) is 3. The maximum atomic E-state index is 4.62. The van der Waals surface area contributed by atoms with E-state index in [1.807, 2.05) is 6.07 Å². The monoisotopic (exact) mass is 297 g/mol. The van der Waals surface area contributed by atoms with Crippen molar-refractivity contribution in [2.75, 3.05) is 18.5 Å². The van der Waals surface area contributed by atoms with Crippen molar-refractivity contribution in [1.29, 1.82) is 0 Å². The SMILES string of the molecule is CC(C)c1nc(Br)cc(N(C)CC2CC2C)n1. The van der Waals surface area contributed by atoms with E-state index in [4.69, 9.17) is 0 Å². The van der Waals surface area contributed by atoms with Gasteiger partial charge in [-0.15, -0.1) is 0 Å². The van der Waals surface area contributed by atoms with Gasteiger partial charge in [-0.25, -0.2) is 9.97 Å². The summed E-state index contributed by atoms with van der Waals surface area (Å²) >= 11 is 3.47. The van der Waals surface area contributed by atoms with Gasteiger partial charge in [0.05, 0.1) is 0 Å². The fourth-order valence-electron chi connectivity index (χ4n) is 1.98. The van der Waals surface area contributed by atoms with Gasteiger partial charge in [0.2, 0.25) is 0 Å². The van der Waals surface area contributed by atoms with Crippen LogP contribution in [0.1, 0.15) is 38.9 Å². The molecule has 1 aliphatic rings. The highest BCUT2D eigenvalue weighted by molar-refractivity contribution is 9.10. The van der Waals surface area contributed by atoms with Gasteiger partial charge < -0.3 is 4.90 Å². The van der Waals surface area contributed by atoms with Crippen LogP contribution in [0.4, 0.5) is 5.82 Å². The van der Waals surface area contributed by atoms with Gasteiger partial charge in [0.15, 0.2) is 0 Å². The zero-order chi connectivity index (χ0) is 12.6. The first-order valence-electron chi connectivity index (χ1n) is 6.23. The third kappa shape index (κ3) is 3.18. The predicted octanol–water partition coefficient (Wildman–Crippen LogP) is 3.45. The molecule has 1 aliphatic carbocycles. The van der Waals surface area contributed by atoms with Crippen LogP contribution in [0.2, 0.25) is 0 Å². The first kappa shape index (κ1) is 12.8. The molecule has 2 atom stereocenters. The molecule has 2 rings (SSSR count). The third-order valence-corrected chi connectivity index (χ3v) is 3.80. The summed E-state index contributed by atoms with van der Waals surface area (Å²) in [6, 6.07) is 2.00. The van der Waals surface area contributed by atoms with Gasteiger partial charge >= 0.3 is 0 Å². The lowest BCUT2D eigenvalue weighted by atomic mass is 10.2. The summed E-state index contributed by atoms with van der Waals surface area (Å²) < 4.78 is 0.877. The van der Waals surface area contributed by atoms with Crippen LogP contribution in [0.25, 0.3) is 0 Å². The molecule has 1 fully saturated rings. The van der Waals surface area contributed by atoms with E-state index < -0.39 is 0 Å². The van der Waals surface area contributed by atoms with Crippen molar-refractivity contribution in [2.45, 2.75) is 33.1 Å². The minimum Gasteiger partial charge on any atom is -0.359 e. The minimum absolute atomic E-state index is 0.361. The molecule has 1 saturated carbocycles. The van der Waals surface area contributed by atoms with Crippen molar-refractivity contribution in [2.24, 2.45) is 11.8 Å². The largest absolute Gasteiger partial charge is 0.359 e. The maximum absolute atomic E-state index is 4.62. The Kier molecular flexibility index (Phi) is 3.71. The Morgan fingerprint density at radius 1 is 1.47 bits per heavy atom. The number of aromatic nitrogens is 2. The molecule has 0 bridgehead atoms. The Morgan fingerprint density at radius 2 is 2.12 bits per heavy atom. The smallest absolute Gasteiger partial charge is 0.134 e. The molecule has 17 heavy (non-hydrogen) atoms. The molecule has 2 unspecified atom stereocenters. The van der Waals surface area contributed by atoms with Crippen molar-refractivity contribution in [3.63, 3.8) is 0 Å². The standard InChI is InChI=1S/C13H20BrN3/c1-8(2)13-15-11(14)6-12(16-13)17(4)7-10-5-9(10)3/h6,8-10H,5,7H2,1-4H3. The summed E-state index contributed by atoms with van der Waals surface area (Å²) in [5, 5.41) is 0. The summed E-state index contributed by atoms with van der Waals surface area (Å²) in [4.78, 5) is 11.3. The first-order chi connectivity index (χ1) is 7.97. The molecule has 0 amide bonds. The van der Waals surface area contributed by atoms with Crippen molar-refractivity contribution in [3.8, 4) is 0 Å². The molecular formula is C13H20BrN3. The van der Waals surface area contributed by atoms with Gasteiger partial charge in [-0.2, -0.15) is 0 Å². The van der Waals surface area contributed by atoms with Crippen LogP contribution in [0.15, 0.2) is 10.7 Å². The fourth-order valence-corrected chi connectivity index (χ4v) is 2.36. The molecule has 0 saturated heterocycles. The van der Waals surface area contributed by atoms with Crippen LogP contribution < -0.4 is 4.90 Å². The van der Waals surface area contributed by atoms with Gasteiger partial charge in [0.1, 0.15) is 16.2 Å². The second-order valence-electron chi connectivity index (χ2n) is 5.42. The minimum atomic E-state index is 0.361. The van der Waals surface area contributed by atoms with Crippen LogP contribution in [-0.2, 0) is 0 Å². The topological polar surface area (TPSA) is 29.0 Å². The van der Waals surface area contributed by atoms with E-state index in [0.717, 1.165) is 34.6 Å². The summed E-state index contributed by atoms with van der Waals surface area (Å²) in [6.07, 6.45) is 1.35. The van der Waals surface area contributed by atoms with Crippen LogP contribution in [0.5, 0.6) is 0 Å². The highest BCUT2D eigenvalue weighted by atomic mass is 79.9. The highest BCUT2D eigenvalue weighted by Gasteiger charge is 2.33. The Morgan fingerprint density at radius 3 is 2.65 bits per heavy atom. The molecular weight excluding hydrogens is 278 g/mol. The number of halogens is 1. The molecule has 0 spiro atoms. The quantitative estimate of drug-likeness (QED) is 0.797. The van der Waals surface area contributed by atoms with Gasteiger partial charge in [-0.3, -0.25) is 0 Å². The maximum Gasteiger partial charge on any atom is 0.134 e. The number of hydrogen-bond acceptors (Lipinski definition) is 3. The average Bonchev–Trinajstić information content (AvgIpc) is 2.93. The van der Waals surface area contributed by atoms with Gasteiger partial charge in [0.25, 0.3) is 0 Å². The normalized spacial score (nSPS) is 22.9. The van der Waals surface area contributed by atoms with E-state index in [-0.39, 0.29) is 0 Å². The Bertz CT molecular complexity index is 406. The summed E-state index contributed by atoms with van der Waals surface area (Å²) in [6.45, 7) is 7.65. The lowest BCUT2D eigenvalue weighted by Crippen LogP contribution is -2.22. The van der Waals surface area contributed by atoms with Crippen LogP contribution in [-0.4, -0.2) is 23.6 Å². The van der Waals surface area contributed by atoms with E-state index in [1.54, 1.807) is 0 Å². The second kappa shape index (κ2) is 4.92. The highest BCUT2D eigenvalue weighted by Crippen LogP contribution is 2.38. The molecule has 94 valence electrons. The molecule has 1 heterocycles. The number of anilines is 1. The van der Waals surface area contributed by atoms with Crippen molar-refractivity contribution < 1.29 is 0 Å². The van der Waals surface area contributed by atoms with E-state index >= 15 is 0 Å². The zero-order valence-electron chi connectivity index (χ0n) is 10.9. The summed E-state index contributed by atoms with van der Waals surface area (Å²) in [5.41, 5.74) is 0. The number of hydrogen-bond donors (Lipinski definition) is 0. The van der Waals surface area contributed by atoms with Gasteiger partial charge in [-0.1, -0.05) is 20.8 Å². The molecule has 0 N–H and O–H groups in total. The molecule has 0 aliphatic heterocycles. The van der Waals surface area contributed by atoms with Crippen LogP contribution >= 0.6 is 15.9 Å². The van der Waals surface area contributed by atoms with Crippen molar-refractivity contribution in [1.82, 2.24) is 9.97 Å². The average molecular weight is 298 g/mol. The van der Waals surface area contributed by atoms with E-state index in [1.165, 1.54) is 6.42 Å². The third-order valence-electron chi connectivity index (χ3n) is 3.39. The molecule has 0 radical (unpaired) electrons. The molecule has 4 heteroatoms. The number of rotatable bonds is 4. The van der Waals surface area contributed by atoms with Gasteiger partial charge in [-0.05, 0) is 34.2 Å². The zero-order valence-corrected chi connectivity index (χ0v) is 12.5. The van der Waals surface area contributed by atoms with Crippen molar-refractivity contribution in [3.05, 3.63) is 16.5 Å². The summed E-state index contributed by atoms with van der Waals surface area (Å²) in [5.74, 6) is 4.02. The van der Waals surface area contributed by atoms with E-state index in [0.29, 0.717) is 5.92 Å². The molecule has 1 aromatic rings. The Balaban J connectivity index is 2.13. The van der Waals surface area contributed by atoms with Gasteiger partial charge in [0, 0.05) is 25.6 Å². The lowest BCUT2D eigenvalue weighted by molar-refractivity contribution is 0.706. The lowest BCUT2D eigenvalue weighted by Gasteiger charge is -2.19. The van der Waals surface area contributed by atoms with Crippen LogP contribution in [0, 0.1) is 11.8 Å². The predicted molar refractivity (Wildman–Crippen MR) is 74.4 cm³/mol. The fraction of sp³-hybridized carbons (Fsp3) is 0.692. The molecule has 1 aromatic heterocycles.